The van der Waals surface area contributed by atoms with Crippen LogP contribution in [0.3, 0.4) is 0 Å². The van der Waals surface area contributed by atoms with Crippen LogP contribution in [0.4, 0.5) is 5.82 Å². The Balaban J connectivity index is 2.03. The van der Waals surface area contributed by atoms with Gasteiger partial charge in [-0.1, -0.05) is 0 Å². The van der Waals surface area contributed by atoms with E-state index in [1.54, 1.807) is 0 Å². The zero-order valence-electron chi connectivity index (χ0n) is 10.7. The molecule has 0 atom stereocenters. The summed E-state index contributed by atoms with van der Waals surface area (Å²) in [6, 6.07) is 8.18. The van der Waals surface area contributed by atoms with Crippen molar-refractivity contribution in [3.63, 3.8) is 0 Å². The summed E-state index contributed by atoms with van der Waals surface area (Å²) in [5.74, 6) is 0.946. The molecule has 0 fully saturated rings. The summed E-state index contributed by atoms with van der Waals surface area (Å²) in [7, 11) is 3.96. The lowest BCUT2D eigenvalue weighted by molar-refractivity contribution is 1.07. The van der Waals surface area contributed by atoms with Crippen molar-refractivity contribution in [1.29, 1.82) is 0 Å². The van der Waals surface area contributed by atoms with Crippen LogP contribution in [0.1, 0.15) is 0 Å². The molecule has 0 saturated carbocycles. The zero-order chi connectivity index (χ0) is 13.4. The summed E-state index contributed by atoms with van der Waals surface area (Å²) in [5, 5.41) is 0. The maximum atomic E-state index is 4.62. The number of halogens is 1. The number of anilines is 1. The molecule has 19 heavy (non-hydrogen) atoms. The van der Waals surface area contributed by atoms with Crippen LogP contribution in [0.2, 0.25) is 0 Å². The van der Waals surface area contributed by atoms with E-state index in [0.717, 1.165) is 22.7 Å². The number of hydrogen-bond acceptors (Lipinski definition) is 3. The van der Waals surface area contributed by atoms with Gasteiger partial charge in [0.25, 0.3) is 0 Å². The van der Waals surface area contributed by atoms with Gasteiger partial charge in [-0.25, -0.2) is 9.97 Å². The third kappa shape index (κ3) is 2.42. The van der Waals surface area contributed by atoms with Crippen molar-refractivity contribution in [2.75, 3.05) is 19.0 Å². The molecule has 96 valence electrons. The summed E-state index contributed by atoms with van der Waals surface area (Å²) in [5.41, 5.74) is 2.93. The van der Waals surface area contributed by atoms with Crippen molar-refractivity contribution in [3.8, 4) is 11.3 Å². The molecule has 0 aliphatic carbocycles. The highest BCUT2D eigenvalue weighted by atomic mass is 127. The Kier molecular flexibility index (Phi) is 3.14. The topological polar surface area (TPSA) is 33.4 Å². The molecule has 3 rings (SSSR count). The quantitative estimate of drug-likeness (QED) is 0.656. The number of fused-ring (bicyclic) bond motifs is 1. The molecule has 3 aromatic heterocycles. The van der Waals surface area contributed by atoms with Crippen LogP contribution in [0.15, 0.2) is 42.9 Å². The molecule has 0 aliphatic heterocycles. The van der Waals surface area contributed by atoms with E-state index in [-0.39, 0.29) is 0 Å². The van der Waals surface area contributed by atoms with Crippen LogP contribution in [0, 0.1) is 3.57 Å². The van der Waals surface area contributed by atoms with Gasteiger partial charge in [-0.2, -0.15) is 0 Å². The Bertz CT molecular complexity index is 716. The SMILES string of the molecule is CN(C)c1ccc(-c2cn3ccc(I)cc3n2)cn1. The fraction of sp³-hybridized carbons (Fsp3) is 0.143. The van der Waals surface area contributed by atoms with Crippen LogP contribution >= 0.6 is 22.6 Å². The van der Waals surface area contributed by atoms with E-state index >= 15 is 0 Å². The van der Waals surface area contributed by atoms with Gasteiger partial charge >= 0.3 is 0 Å². The summed E-state index contributed by atoms with van der Waals surface area (Å²) in [6.45, 7) is 0. The van der Waals surface area contributed by atoms with Crippen molar-refractivity contribution in [3.05, 3.63) is 46.4 Å². The number of pyridine rings is 2. The molecule has 0 saturated heterocycles. The number of nitrogens with zero attached hydrogens (tertiary/aromatic N) is 4. The average molecular weight is 364 g/mol. The molecular formula is C14H13IN4. The van der Waals surface area contributed by atoms with E-state index in [2.05, 4.69) is 50.8 Å². The summed E-state index contributed by atoms with van der Waals surface area (Å²) in [4.78, 5) is 11.0. The predicted molar refractivity (Wildman–Crippen MR) is 85.5 cm³/mol. The molecule has 0 amide bonds. The van der Waals surface area contributed by atoms with Gasteiger partial charge in [-0.05, 0) is 46.9 Å². The van der Waals surface area contributed by atoms with Gasteiger partial charge in [0.1, 0.15) is 11.5 Å². The molecule has 0 radical (unpaired) electrons. The lowest BCUT2D eigenvalue weighted by Crippen LogP contribution is -2.09. The number of imidazole rings is 1. The van der Waals surface area contributed by atoms with E-state index < -0.39 is 0 Å². The fourth-order valence-corrected chi connectivity index (χ4v) is 2.34. The minimum atomic E-state index is 0.944. The number of aromatic nitrogens is 3. The second kappa shape index (κ2) is 4.80. The highest BCUT2D eigenvalue weighted by Crippen LogP contribution is 2.21. The Morgan fingerprint density at radius 3 is 2.74 bits per heavy atom. The van der Waals surface area contributed by atoms with Crippen molar-refractivity contribution in [2.24, 2.45) is 0 Å². The summed E-state index contributed by atoms with van der Waals surface area (Å²) in [6.07, 6.45) is 5.91. The Labute approximate surface area is 125 Å². The Hall–Kier alpha value is -1.63. The molecule has 5 heteroatoms. The second-order valence-electron chi connectivity index (χ2n) is 4.54. The maximum absolute atomic E-state index is 4.62. The number of rotatable bonds is 2. The van der Waals surface area contributed by atoms with Crippen molar-refractivity contribution < 1.29 is 0 Å². The van der Waals surface area contributed by atoms with Gasteiger partial charge in [-0.3, -0.25) is 0 Å². The molecule has 0 N–H and O–H groups in total. The van der Waals surface area contributed by atoms with E-state index in [1.165, 1.54) is 3.57 Å². The largest absolute Gasteiger partial charge is 0.363 e. The highest BCUT2D eigenvalue weighted by Gasteiger charge is 2.05. The van der Waals surface area contributed by atoms with Gasteiger partial charge < -0.3 is 9.30 Å². The molecule has 3 heterocycles. The van der Waals surface area contributed by atoms with E-state index in [4.69, 9.17) is 0 Å². The second-order valence-corrected chi connectivity index (χ2v) is 5.78. The third-order valence-corrected chi connectivity index (χ3v) is 3.60. The predicted octanol–water partition coefficient (Wildman–Crippen LogP) is 3.07. The first-order valence-corrected chi connectivity index (χ1v) is 6.99. The van der Waals surface area contributed by atoms with Gasteiger partial charge in [0.2, 0.25) is 0 Å². The van der Waals surface area contributed by atoms with Crippen LogP contribution < -0.4 is 4.90 Å². The van der Waals surface area contributed by atoms with Gasteiger partial charge in [0.05, 0.1) is 5.69 Å². The molecule has 0 aromatic carbocycles. The Morgan fingerprint density at radius 2 is 2.05 bits per heavy atom. The minimum absolute atomic E-state index is 0.944. The summed E-state index contributed by atoms with van der Waals surface area (Å²) < 4.78 is 3.21. The molecule has 4 nitrogen and oxygen atoms in total. The Morgan fingerprint density at radius 1 is 1.21 bits per heavy atom. The minimum Gasteiger partial charge on any atom is -0.363 e. The van der Waals surface area contributed by atoms with Crippen LogP contribution in [-0.2, 0) is 0 Å². The highest BCUT2D eigenvalue weighted by molar-refractivity contribution is 14.1. The maximum Gasteiger partial charge on any atom is 0.138 e. The van der Waals surface area contributed by atoms with Crippen LogP contribution in [-0.4, -0.2) is 28.5 Å². The fourth-order valence-electron chi connectivity index (χ4n) is 1.90. The lowest BCUT2D eigenvalue weighted by Gasteiger charge is -2.10. The lowest BCUT2D eigenvalue weighted by atomic mass is 10.2. The van der Waals surface area contributed by atoms with E-state index in [0.29, 0.717) is 0 Å². The zero-order valence-corrected chi connectivity index (χ0v) is 12.9. The monoisotopic (exact) mass is 364 g/mol. The molecule has 0 aliphatic rings. The molecule has 0 spiro atoms. The van der Waals surface area contributed by atoms with Crippen LogP contribution in [0.25, 0.3) is 16.9 Å². The molecule has 0 unspecified atom stereocenters. The normalized spacial score (nSPS) is 10.9. The molecular weight excluding hydrogens is 351 g/mol. The van der Waals surface area contributed by atoms with Crippen molar-refractivity contribution in [2.45, 2.75) is 0 Å². The standard InChI is InChI=1S/C14H13IN4/c1-18(2)13-4-3-10(8-16-13)12-9-19-6-5-11(15)7-14(19)17-12/h3-9H,1-2H3. The average Bonchev–Trinajstić information content (AvgIpc) is 2.81. The van der Waals surface area contributed by atoms with Gasteiger partial charge in [0.15, 0.2) is 0 Å². The summed E-state index contributed by atoms with van der Waals surface area (Å²) >= 11 is 2.29. The molecule has 0 bridgehead atoms. The first kappa shape index (κ1) is 12.4. The number of hydrogen-bond donors (Lipinski definition) is 0. The van der Waals surface area contributed by atoms with Gasteiger partial charge in [0, 0.05) is 41.8 Å². The van der Waals surface area contributed by atoms with Crippen molar-refractivity contribution >= 4 is 34.1 Å². The van der Waals surface area contributed by atoms with Crippen LogP contribution in [0.5, 0.6) is 0 Å². The molecule has 3 aromatic rings. The first-order chi connectivity index (χ1) is 9.13. The first-order valence-electron chi connectivity index (χ1n) is 5.91. The van der Waals surface area contributed by atoms with Gasteiger partial charge in [-0.15, -0.1) is 0 Å². The van der Waals surface area contributed by atoms with E-state index in [9.17, 15) is 0 Å². The third-order valence-electron chi connectivity index (χ3n) is 2.92. The van der Waals surface area contributed by atoms with E-state index in [1.807, 2.05) is 48.1 Å². The smallest absolute Gasteiger partial charge is 0.138 e. The van der Waals surface area contributed by atoms with Crippen molar-refractivity contribution in [1.82, 2.24) is 14.4 Å².